The highest BCUT2D eigenvalue weighted by Crippen LogP contribution is 2.31. The van der Waals surface area contributed by atoms with Crippen LogP contribution in [0, 0.1) is 0 Å². The van der Waals surface area contributed by atoms with Crippen LogP contribution in [0.1, 0.15) is 11.9 Å². The number of anilines is 1. The third-order valence-corrected chi connectivity index (χ3v) is 4.81. The van der Waals surface area contributed by atoms with Crippen LogP contribution in [0.4, 0.5) is 5.69 Å². The minimum Gasteiger partial charge on any atom is -0.394 e. The maximum Gasteiger partial charge on any atom is 0.165 e. The van der Waals surface area contributed by atoms with Gasteiger partial charge in [-0.2, -0.15) is 0 Å². The Morgan fingerprint density at radius 1 is 1.11 bits per heavy atom. The monoisotopic (exact) mass is 371 g/mol. The highest BCUT2D eigenvalue weighted by molar-refractivity contribution is 5.73. The Morgan fingerprint density at radius 3 is 2.59 bits per heavy atom. The first-order valence-electron chi connectivity index (χ1n) is 8.65. The number of benzene rings is 1. The van der Waals surface area contributed by atoms with Crippen molar-refractivity contribution in [3.05, 3.63) is 48.7 Å². The van der Waals surface area contributed by atoms with Crippen LogP contribution < -0.4 is 4.90 Å². The van der Waals surface area contributed by atoms with Crippen molar-refractivity contribution in [3.8, 4) is 0 Å². The number of rotatable bonds is 5. The van der Waals surface area contributed by atoms with Gasteiger partial charge in [0, 0.05) is 12.7 Å². The summed E-state index contributed by atoms with van der Waals surface area (Å²) in [7, 11) is 1.96. The molecule has 9 nitrogen and oxygen atoms in total. The van der Waals surface area contributed by atoms with Crippen LogP contribution in [0.2, 0.25) is 0 Å². The molecule has 0 saturated carbocycles. The number of aliphatic hydroxyl groups is 3. The second kappa shape index (κ2) is 7.20. The molecule has 9 heteroatoms. The largest absolute Gasteiger partial charge is 0.394 e. The Kier molecular flexibility index (Phi) is 4.75. The summed E-state index contributed by atoms with van der Waals surface area (Å²) in [4.78, 5) is 15.1. The van der Waals surface area contributed by atoms with Crippen molar-refractivity contribution in [1.29, 1.82) is 0 Å². The maximum atomic E-state index is 10.3. The number of nitrogens with zero attached hydrogens (tertiary/aromatic N) is 5. The summed E-state index contributed by atoms with van der Waals surface area (Å²) in [6.07, 6.45) is -1.15. The van der Waals surface area contributed by atoms with Crippen molar-refractivity contribution < 1.29 is 20.1 Å². The molecule has 0 amide bonds. The van der Waals surface area contributed by atoms with Crippen molar-refractivity contribution in [3.63, 3.8) is 0 Å². The number of aliphatic hydroxyl groups excluding tert-OH is 3. The summed E-state index contributed by atoms with van der Waals surface area (Å²) in [6.45, 7) is 0.138. The summed E-state index contributed by atoms with van der Waals surface area (Å²) in [5, 5.41) is 29.5. The zero-order valence-corrected chi connectivity index (χ0v) is 14.8. The first-order valence-corrected chi connectivity index (χ1v) is 8.65. The van der Waals surface area contributed by atoms with Gasteiger partial charge in [-0.05, 0) is 12.1 Å². The van der Waals surface area contributed by atoms with E-state index in [1.165, 1.54) is 12.7 Å². The molecule has 1 aromatic carbocycles. The summed E-state index contributed by atoms with van der Waals surface area (Å²) < 4.78 is 7.14. The second-order valence-electron chi connectivity index (χ2n) is 6.56. The summed E-state index contributed by atoms with van der Waals surface area (Å²) in [5.41, 5.74) is 2.87. The van der Waals surface area contributed by atoms with Crippen LogP contribution in [-0.4, -0.2) is 66.8 Å². The van der Waals surface area contributed by atoms with Crippen LogP contribution in [0.25, 0.3) is 11.2 Å². The zero-order valence-electron chi connectivity index (χ0n) is 14.8. The third kappa shape index (κ3) is 3.15. The zero-order chi connectivity index (χ0) is 19.0. The van der Waals surface area contributed by atoms with Crippen molar-refractivity contribution in [2.75, 3.05) is 18.6 Å². The van der Waals surface area contributed by atoms with E-state index in [0.29, 0.717) is 17.7 Å². The Labute approximate surface area is 155 Å². The topological polar surface area (TPSA) is 117 Å². The molecule has 3 N–H and O–H groups in total. The van der Waals surface area contributed by atoms with E-state index in [4.69, 9.17) is 4.74 Å². The molecule has 142 valence electrons. The van der Waals surface area contributed by atoms with E-state index < -0.39 is 24.5 Å². The fourth-order valence-corrected chi connectivity index (χ4v) is 3.31. The predicted molar refractivity (Wildman–Crippen MR) is 96.9 cm³/mol. The Bertz CT molecular complexity index is 919. The average molecular weight is 371 g/mol. The van der Waals surface area contributed by atoms with Gasteiger partial charge in [0.15, 0.2) is 11.9 Å². The molecular weight excluding hydrogens is 350 g/mol. The van der Waals surface area contributed by atoms with Crippen molar-refractivity contribution in [1.82, 2.24) is 19.5 Å². The number of hydrogen-bond donors (Lipinski definition) is 3. The highest BCUT2D eigenvalue weighted by atomic mass is 16.6. The SMILES string of the molecule is CN(Cc1ncnc2c1ncn2[C@@H]1O[C@H](CO)[C@@H](O)[C@H]1O)c1ccccc1. The lowest BCUT2D eigenvalue weighted by Crippen LogP contribution is -2.33. The van der Waals surface area contributed by atoms with E-state index >= 15 is 0 Å². The van der Waals surface area contributed by atoms with Crippen LogP contribution >= 0.6 is 0 Å². The fraction of sp³-hybridized carbons (Fsp3) is 0.389. The Hall–Kier alpha value is -2.59. The molecule has 1 fully saturated rings. The molecule has 27 heavy (non-hydrogen) atoms. The third-order valence-electron chi connectivity index (χ3n) is 4.81. The normalized spacial score (nSPS) is 25.2. The number of para-hydroxylation sites is 1. The minimum absolute atomic E-state index is 0.385. The van der Waals surface area contributed by atoms with Gasteiger partial charge in [-0.15, -0.1) is 0 Å². The molecule has 4 atom stereocenters. The van der Waals surface area contributed by atoms with Gasteiger partial charge in [-0.25, -0.2) is 15.0 Å². The van der Waals surface area contributed by atoms with Crippen molar-refractivity contribution in [2.24, 2.45) is 0 Å². The molecule has 1 aliphatic rings. The number of imidazole rings is 1. The van der Waals surface area contributed by atoms with E-state index in [9.17, 15) is 15.3 Å². The lowest BCUT2D eigenvalue weighted by molar-refractivity contribution is -0.0511. The Morgan fingerprint density at radius 2 is 1.89 bits per heavy atom. The van der Waals surface area contributed by atoms with Gasteiger partial charge >= 0.3 is 0 Å². The number of hydrogen-bond acceptors (Lipinski definition) is 8. The lowest BCUT2D eigenvalue weighted by atomic mass is 10.1. The fourth-order valence-electron chi connectivity index (χ4n) is 3.31. The highest BCUT2D eigenvalue weighted by Gasteiger charge is 2.44. The minimum atomic E-state index is -1.19. The first kappa shape index (κ1) is 17.8. The van der Waals surface area contributed by atoms with E-state index in [-0.39, 0.29) is 6.61 Å². The van der Waals surface area contributed by atoms with Gasteiger partial charge in [0.1, 0.15) is 30.2 Å². The lowest BCUT2D eigenvalue weighted by Gasteiger charge is -2.19. The molecule has 1 aliphatic heterocycles. The van der Waals surface area contributed by atoms with E-state index in [2.05, 4.69) is 15.0 Å². The number of aromatic nitrogens is 4. The van der Waals surface area contributed by atoms with Crippen LogP contribution in [-0.2, 0) is 11.3 Å². The summed E-state index contributed by atoms with van der Waals surface area (Å²) in [5.74, 6) is 0. The van der Waals surface area contributed by atoms with Gasteiger partial charge in [-0.3, -0.25) is 4.57 Å². The molecular formula is C18H21N5O4. The number of fused-ring (bicyclic) bond motifs is 1. The van der Waals surface area contributed by atoms with Crippen molar-refractivity contribution >= 4 is 16.9 Å². The van der Waals surface area contributed by atoms with Gasteiger partial charge in [0.25, 0.3) is 0 Å². The molecule has 0 spiro atoms. The molecule has 3 heterocycles. The predicted octanol–water partition coefficient (Wildman–Crippen LogP) is 0.0742. The Balaban J connectivity index is 1.64. The van der Waals surface area contributed by atoms with Gasteiger partial charge in [-0.1, -0.05) is 18.2 Å². The second-order valence-corrected chi connectivity index (χ2v) is 6.56. The molecule has 0 unspecified atom stereocenters. The number of ether oxygens (including phenoxy) is 1. The quantitative estimate of drug-likeness (QED) is 0.577. The standard InChI is InChI=1S/C18H21N5O4/c1-22(11-5-3-2-4-6-11)7-12-14-17(20-9-19-12)23(10-21-14)18-16(26)15(25)13(8-24)27-18/h2-6,9-10,13,15-16,18,24-26H,7-8H2,1H3/t13-,15-,16-,18-/m1/s1. The van der Waals surface area contributed by atoms with E-state index in [1.54, 1.807) is 4.57 Å². The molecule has 2 aromatic heterocycles. The molecule has 0 radical (unpaired) electrons. The summed E-state index contributed by atoms with van der Waals surface area (Å²) in [6, 6.07) is 9.92. The molecule has 0 bridgehead atoms. The van der Waals surface area contributed by atoms with Gasteiger partial charge < -0.3 is 25.0 Å². The molecule has 1 saturated heterocycles. The van der Waals surface area contributed by atoms with E-state index in [0.717, 1.165) is 11.4 Å². The smallest absolute Gasteiger partial charge is 0.165 e. The average Bonchev–Trinajstić information content (AvgIpc) is 3.25. The van der Waals surface area contributed by atoms with Gasteiger partial charge in [0.05, 0.1) is 25.2 Å². The summed E-state index contributed by atoms with van der Waals surface area (Å²) >= 11 is 0. The maximum absolute atomic E-state index is 10.3. The van der Waals surface area contributed by atoms with Crippen molar-refractivity contribution in [2.45, 2.75) is 31.1 Å². The van der Waals surface area contributed by atoms with Gasteiger partial charge in [0.2, 0.25) is 0 Å². The molecule has 0 aliphatic carbocycles. The van der Waals surface area contributed by atoms with Crippen LogP contribution in [0.5, 0.6) is 0 Å². The van der Waals surface area contributed by atoms with Crippen LogP contribution in [0.3, 0.4) is 0 Å². The van der Waals surface area contributed by atoms with Crippen LogP contribution in [0.15, 0.2) is 43.0 Å². The molecule has 3 aromatic rings. The molecule has 4 rings (SSSR count). The first-order chi connectivity index (χ1) is 13.1. The van der Waals surface area contributed by atoms with E-state index in [1.807, 2.05) is 42.3 Å².